The summed E-state index contributed by atoms with van der Waals surface area (Å²) in [4.78, 5) is 15.3. The zero-order valence-electron chi connectivity index (χ0n) is 14.9. The smallest absolute Gasteiger partial charge is 0.248 e. The number of para-hydroxylation sites is 1. The van der Waals surface area contributed by atoms with Crippen molar-refractivity contribution in [2.75, 3.05) is 13.7 Å². The monoisotopic (exact) mass is 352 g/mol. The van der Waals surface area contributed by atoms with Gasteiger partial charge in [0.15, 0.2) is 5.96 Å². The Morgan fingerprint density at radius 3 is 2.50 bits per heavy atom. The molecule has 2 aromatic carbocycles. The van der Waals surface area contributed by atoms with E-state index in [9.17, 15) is 4.79 Å². The van der Waals surface area contributed by atoms with Gasteiger partial charge in [-0.2, -0.15) is 0 Å². The normalized spacial score (nSPS) is 10.9. The predicted molar refractivity (Wildman–Crippen MR) is 104 cm³/mol. The predicted octanol–water partition coefficient (Wildman–Crippen LogP) is 2.22. The summed E-state index contributed by atoms with van der Waals surface area (Å²) in [6.07, 6.45) is 1.72. The summed E-state index contributed by atoms with van der Waals surface area (Å²) in [6.45, 7) is 5.28. The molecule has 4 N–H and O–H groups in total. The van der Waals surface area contributed by atoms with Crippen molar-refractivity contribution in [1.29, 1.82) is 0 Å². The molecule has 0 saturated carbocycles. The van der Waals surface area contributed by atoms with Crippen molar-refractivity contribution in [2.45, 2.75) is 13.1 Å². The van der Waals surface area contributed by atoms with Crippen molar-refractivity contribution >= 4 is 11.9 Å². The van der Waals surface area contributed by atoms with Crippen molar-refractivity contribution in [3.05, 3.63) is 77.9 Å². The quantitative estimate of drug-likeness (QED) is 0.386. The van der Waals surface area contributed by atoms with E-state index in [0.29, 0.717) is 31.2 Å². The largest absolute Gasteiger partial charge is 0.489 e. The molecule has 1 amide bonds. The molecule has 0 bridgehead atoms. The van der Waals surface area contributed by atoms with Gasteiger partial charge in [0.2, 0.25) is 5.91 Å². The van der Waals surface area contributed by atoms with E-state index < -0.39 is 5.91 Å². The third-order valence-electron chi connectivity index (χ3n) is 3.70. The summed E-state index contributed by atoms with van der Waals surface area (Å²) in [5, 5.41) is 6.49. The number of hydrogen-bond donors (Lipinski definition) is 3. The van der Waals surface area contributed by atoms with Crippen LogP contribution in [0.2, 0.25) is 0 Å². The van der Waals surface area contributed by atoms with Gasteiger partial charge >= 0.3 is 0 Å². The molecule has 0 aliphatic heterocycles. The molecule has 2 rings (SSSR count). The highest BCUT2D eigenvalue weighted by Crippen LogP contribution is 2.17. The molecule has 0 aromatic heterocycles. The molecule has 0 saturated heterocycles. The van der Waals surface area contributed by atoms with Crippen LogP contribution < -0.4 is 21.1 Å². The first-order chi connectivity index (χ1) is 12.6. The lowest BCUT2D eigenvalue weighted by molar-refractivity contribution is 0.100. The first kappa shape index (κ1) is 19.1. The zero-order valence-corrected chi connectivity index (χ0v) is 14.9. The van der Waals surface area contributed by atoms with E-state index in [4.69, 9.17) is 10.5 Å². The molecule has 2 aromatic rings. The highest BCUT2D eigenvalue weighted by molar-refractivity contribution is 5.92. The van der Waals surface area contributed by atoms with Crippen molar-refractivity contribution in [3.8, 4) is 5.75 Å². The topological polar surface area (TPSA) is 88.7 Å². The molecular formula is C20H24N4O2. The number of carbonyl (C=O) groups is 1. The van der Waals surface area contributed by atoms with Crippen LogP contribution in [0.25, 0.3) is 0 Å². The van der Waals surface area contributed by atoms with E-state index in [-0.39, 0.29) is 0 Å². The highest BCUT2D eigenvalue weighted by Gasteiger charge is 2.05. The molecule has 0 spiro atoms. The fourth-order valence-corrected chi connectivity index (χ4v) is 2.31. The second-order valence-electron chi connectivity index (χ2n) is 5.55. The Labute approximate surface area is 153 Å². The molecule has 6 heteroatoms. The Morgan fingerprint density at radius 1 is 1.15 bits per heavy atom. The lowest BCUT2D eigenvalue weighted by atomic mass is 10.1. The van der Waals surface area contributed by atoms with E-state index in [0.717, 1.165) is 16.9 Å². The molecule has 0 unspecified atom stereocenters. The van der Waals surface area contributed by atoms with Gasteiger partial charge in [-0.05, 0) is 23.8 Å². The minimum absolute atomic E-state index is 0.431. The summed E-state index contributed by atoms with van der Waals surface area (Å²) in [7, 11) is 1.71. The van der Waals surface area contributed by atoms with Gasteiger partial charge < -0.3 is 21.1 Å². The van der Waals surface area contributed by atoms with Gasteiger partial charge in [-0.15, -0.1) is 0 Å². The summed E-state index contributed by atoms with van der Waals surface area (Å²) in [5.41, 5.74) is 7.79. The number of guanidine groups is 1. The maximum absolute atomic E-state index is 11.1. The van der Waals surface area contributed by atoms with Gasteiger partial charge in [0.25, 0.3) is 0 Å². The van der Waals surface area contributed by atoms with Crippen molar-refractivity contribution in [1.82, 2.24) is 10.6 Å². The van der Waals surface area contributed by atoms with Gasteiger partial charge in [-0.3, -0.25) is 9.79 Å². The number of hydrogen-bond acceptors (Lipinski definition) is 3. The fraction of sp³-hybridized carbons (Fsp3) is 0.200. The number of nitrogens with two attached hydrogens (primary N) is 1. The number of nitrogens with one attached hydrogen (secondary N) is 2. The Kier molecular flexibility index (Phi) is 7.24. The second kappa shape index (κ2) is 9.88. The number of ether oxygens (including phenoxy) is 1. The first-order valence-corrected chi connectivity index (χ1v) is 8.29. The van der Waals surface area contributed by atoms with E-state index in [2.05, 4.69) is 22.2 Å². The van der Waals surface area contributed by atoms with Gasteiger partial charge in [0, 0.05) is 31.3 Å². The van der Waals surface area contributed by atoms with Crippen LogP contribution in [-0.2, 0) is 13.1 Å². The summed E-state index contributed by atoms with van der Waals surface area (Å²) in [5.74, 6) is 1.05. The number of amides is 1. The highest BCUT2D eigenvalue weighted by atomic mass is 16.5. The minimum Gasteiger partial charge on any atom is -0.489 e. The number of aliphatic imine (C=N–C) groups is 1. The molecule has 0 aliphatic rings. The Morgan fingerprint density at radius 2 is 1.85 bits per heavy atom. The van der Waals surface area contributed by atoms with Gasteiger partial charge in [0.05, 0.1) is 0 Å². The number of nitrogens with zero attached hydrogens (tertiary/aromatic N) is 1. The van der Waals surface area contributed by atoms with Crippen LogP contribution >= 0.6 is 0 Å². The average Bonchev–Trinajstić information content (AvgIpc) is 2.67. The SMILES string of the molecule is C=CCOc1ccccc1CNC(=NC)NCc1ccc(C(N)=O)cc1. The van der Waals surface area contributed by atoms with E-state index in [1.807, 2.05) is 36.4 Å². The lowest BCUT2D eigenvalue weighted by Crippen LogP contribution is -2.36. The van der Waals surface area contributed by atoms with Crippen LogP contribution in [0.5, 0.6) is 5.75 Å². The van der Waals surface area contributed by atoms with Crippen molar-refractivity contribution in [3.63, 3.8) is 0 Å². The van der Waals surface area contributed by atoms with Crippen LogP contribution in [0, 0.1) is 0 Å². The van der Waals surface area contributed by atoms with Crippen LogP contribution in [0.4, 0.5) is 0 Å². The summed E-state index contributed by atoms with van der Waals surface area (Å²) in [6, 6.07) is 15.0. The summed E-state index contributed by atoms with van der Waals surface area (Å²) >= 11 is 0. The number of rotatable bonds is 8. The van der Waals surface area contributed by atoms with Crippen molar-refractivity contribution in [2.24, 2.45) is 10.7 Å². The number of carbonyl (C=O) groups excluding carboxylic acids is 1. The van der Waals surface area contributed by atoms with E-state index >= 15 is 0 Å². The maximum atomic E-state index is 11.1. The van der Waals surface area contributed by atoms with Crippen LogP contribution in [0.3, 0.4) is 0 Å². The number of primary amides is 1. The first-order valence-electron chi connectivity index (χ1n) is 8.29. The molecule has 0 radical (unpaired) electrons. The molecule has 26 heavy (non-hydrogen) atoms. The minimum atomic E-state index is -0.431. The standard InChI is InChI=1S/C20H24N4O2/c1-3-12-26-18-7-5-4-6-17(18)14-24-20(22-2)23-13-15-8-10-16(11-9-15)19(21)25/h3-11H,1,12-14H2,2H3,(H2,21,25)(H2,22,23,24). The zero-order chi connectivity index (χ0) is 18.8. The van der Waals surface area contributed by atoms with Crippen LogP contribution in [-0.4, -0.2) is 25.5 Å². The second-order valence-corrected chi connectivity index (χ2v) is 5.55. The molecular weight excluding hydrogens is 328 g/mol. The van der Waals surface area contributed by atoms with Crippen LogP contribution in [0.1, 0.15) is 21.5 Å². The maximum Gasteiger partial charge on any atom is 0.248 e. The van der Waals surface area contributed by atoms with Crippen LogP contribution in [0.15, 0.2) is 66.2 Å². The Balaban J connectivity index is 1.90. The van der Waals surface area contributed by atoms with E-state index in [1.54, 1.807) is 25.3 Å². The third kappa shape index (κ3) is 5.66. The van der Waals surface area contributed by atoms with Gasteiger partial charge in [0.1, 0.15) is 12.4 Å². The Bertz CT molecular complexity index is 770. The molecule has 136 valence electrons. The molecule has 0 heterocycles. The molecule has 0 aliphatic carbocycles. The van der Waals surface area contributed by atoms with Gasteiger partial charge in [-0.1, -0.05) is 43.0 Å². The summed E-state index contributed by atoms with van der Waals surface area (Å²) < 4.78 is 5.66. The fourth-order valence-electron chi connectivity index (χ4n) is 2.31. The number of benzene rings is 2. The third-order valence-corrected chi connectivity index (χ3v) is 3.70. The molecule has 6 nitrogen and oxygen atoms in total. The average molecular weight is 352 g/mol. The van der Waals surface area contributed by atoms with Crippen molar-refractivity contribution < 1.29 is 9.53 Å². The Hall–Kier alpha value is -3.28. The van der Waals surface area contributed by atoms with Gasteiger partial charge in [-0.25, -0.2) is 0 Å². The molecule has 0 fully saturated rings. The van der Waals surface area contributed by atoms with E-state index in [1.165, 1.54) is 0 Å². The lowest BCUT2D eigenvalue weighted by Gasteiger charge is -2.14. The molecule has 0 atom stereocenters.